The molecule has 0 radical (unpaired) electrons. The summed E-state index contributed by atoms with van der Waals surface area (Å²) in [5.74, 6) is -2.06. The van der Waals surface area contributed by atoms with Gasteiger partial charge in [0.2, 0.25) is 0 Å². The van der Waals surface area contributed by atoms with Crippen LogP contribution in [-0.4, -0.2) is 22.2 Å². The van der Waals surface area contributed by atoms with Gasteiger partial charge in [-0.2, -0.15) is 0 Å². The molecule has 0 unspecified atom stereocenters. The molecule has 2 rings (SSSR count). The van der Waals surface area contributed by atoms with Crippen molar-refractivity contribution in [2.45, 2.75) is 16.2 Å². The Kier molecular flexibility index (Phi) is 5.03. The molecule has 21 heavy (non-hydrogen) atoms. The molecule has 0 spiro atoms. The molecule has 6 heteroatoms. The van der Waals surface area contributed by atoms with Crippen molar-refractivity contribution in [2.75, 3.05) is 0 Å². The first-order chi connectivity index (χ1) is 9.95. The minimum absolute atomic E-state index is 0.0893. The Bertz CT molecular complexity index is 683. The maximum absolute atomic E-state index is 11.0. The van der Waals surface area contributed by atoms with E-state index in [-0.39, 0.29) is 12.0 Å². The Morgan fingerprint density at radius 1 is 1.05 bits per heavy atom. The van der Waals surface area contributed by atoms with Crippen molar-refractivity contribution >= 4 is 39.6 Å². The van der Waals surface area contributed by atoms with Crippen LogP contribution < -0.4 is 0 Å². The molecule has 2 aromatic rings. The zero-order valence-corrected chi connectivity index (χ0v) is 13.1. The van der Waals surface area contributed by atoms with Crippen molar-refractivity contribution in [2.24, 2.45) is 0 Å². The van der Waals surface area contributed by atoms with E-state index in [0.717, 1.165) is 14.3 Å². The van der Waals surface area contributed by atoms with Gasteiger partial charge in [0, 0.05) is 14.3 Å². The number of halogens is 1. The van der Waals surface area contributed by atoms with Crippen LogP contribution in [0.1, 0.15) is 15.9 Å². The largest absolute Gasteiger partial charge is 0.481 e. The third-order valence-corrected chi connectivity index (χ3v) is 4.35. The summed E-state index contributed by atoms with van der Waals surface area (Å²) in [5.41, 5.74) is 0.585. The smallest absolute Gasteiger partial charge is 0.335 e. The summed E-state index contributed by atoms with van der Waals surface area (Å²) in [6.07, 6.45) is -0.208. The van der Waals surface area contributed by atoms with Crippen LogP contribution in [0.4, 0.5) is 0 Å². The Morgan fingerprint density at radius 2 is 1.71 bits per heavy atom. The van der Waals surface area contributed by atoms with Crippen molar-refractivity contribution in [3.63, 3.8) is 0 Å². The number of aromatic carboxylic acids is 1. The molecule has 4 nitrogen and oxygen atoms in total. The Balaban J connectivity index is 2.34. The first-order valence-electron chi connectivity index (χ1n) is 5.97. The molecule has 0 aliphatic carbocycles. The molecule has 0 bridgehead atoms. The van der Waals surface area contributed by atoms with E-state index in [0.29, 0.717) is 5.56 Å². The second-order valence-corrected chi connectivity index (χ2v) is 6.29. The number of hydrogen-bond donors (Lipinski definition) is 2. The maximum Gasteiger partial charge on any atom is 0.335 e. The minimum Gasteiger partial charge on any atom is -0.481 e. The van der Waals surface area contributed by atoms with Crippen LogP contribution in [0.2, 0.25) is 0 Å². The number of carboxylic acids is 2. The third kappa shape index (κ3) is 4.34. The molecular formula is C15H11BrO4S. The Hall–Kier alpha value is -1.79. The molecule has 0 aliphatic heterocycles. The molecule has 0 aromatic heterocycles. The summed E-state index contributed by atoms with van der Waals surface area (Å²) in [6, 6.07) is 12.1. The van der Waals surface area contributed by atoms with Gasteiger partial charge in [0.15, 0.2) is 0 Å². The van der Waals surface area contributed by atoms with Gasteiger partial charge in [-0.1, -0.05) is 27.7 Å². The van der Waals surface area contributed by atoms with Gasteiger partial charge in [0.25, 0.3) is 0 Å². The predicted octanol–water partition coefficient (Wildman–Crippen LogP) is 3.93. The molecule has 0 fully saturated rings. The number of hydrogen-bond acceptors (Lipinski definition) is 3. The summed E-state index contributed by atoms with van der Waals surface area (Å²) in [6.45, 7) is 0. The first kappa shape index (κ1) is 15.6. The summed E-state index contributed by atoms with van der Waals surface area (Å²) in [7, 11) is 0. The second kappa shape index (κ2) is 6.78. The lowest BCUT2D eigenvalue weighted by Gasteiger charge is -2.09. The lowest BCUT2D eigenvalue weighted by molar-refractivity contribution is -0.136. The molecule has 0 heterocycles. The molecule has 0 saturated heterocycles. The normalized spacial score (nSPS) is 10.3. The molecule has 2 N–H and O–H groups in total. The summed E-state index contributed by atoms with van der Waals surface area (Å²) in [5, 5.41) is 18.0. The lowest BCUT2D eigenvalue weighted by atomic mass is 10.1. The summed E-state index contributed by atoms with van der Waals surface area (Å²) in [4.78, 5) is 23.6. The zero-order valence-electron chi connectivity index (χ0n) is 10.7. The molecular weight excluding hydrogens is 356 g/mol. The standard InChI is InChI=1S/C15H11BrO4S/c16-11-2-4-12(5-3-11)21-13-6-1-9(15(19)20)7-10(13)8-14(17)18/h1-7H,8H2,(H,17,18)(H,19,20). The number of carbonyl (C=O) groups is 2. The van der Waals surface area contributed by atoms with E-state index >= 15 is 0 Å². The van der Waals surface area contributed by atoms with E-state index in [4.69, 9.17) is 10.2 Å². The SMILES string of the molecule is O=C(O)Cc1cc(C(=O)O)ccc1Sc1ccc(Br)cc1. The van der Waals surface area contributed by atoms with Crippen LogP contribution >= 0.6 is 27.7 Å². The van der Waals surface area contributed by atoms with Gasteiger partial charge in [-0.05, 0) is 48.0 Å². The summed E-state index contributed by atoms with van der Waals surface area (Å²) < 4.78 is 0.957. The monoisotopic (exact) mass is 366 g/mol. The van der Waals surface area contributed by atoms with Crippen LogP contribution in [0, 0.1) is 0 Å². The van der Waals surface area contributed by atoms with E-state index in [2.05, 4.69) is 15.9 Å². The number of benzene rings is 2. The summed E-state index contributed by atoms with van der Waals surface area (Å²) >= 11 is 4.76. The van der Waals surface area contributed by atoms with Gasteiger partial charge in [0.1, 0.15) is 0 Å². The van der Waals surface area contributed by atoms with Gasteiger partial charge >= 0.3 is 11.9 Å². The van der Waals surface area contributed by atoms with Crippen molar-refractivity contribution in [3.8, 4) is 0 Å². The van der Waals surface area contributed by atoms with Gasteiger partial charge < -0.3 is 10.2 Å². The highest BCUT2D eigenvalue weighted by Crippen LogP contribution is 2.32. The third-order valence-electron chi connectivity index (χ3n) is 2.69. The highest BCUT2D eigenvalue weighted by atomic mass is 79.9. The topological polar surface area (TPSA) is 74.6 Å². The van der Waals surface area contributed by atoms with Crippen molar-refractivity contribution < 1.29 is 19.8 Å². The van der Waals surface area contributed by atoms with E-state index < -0.39 is 11.9 Å². The van der Waals surface area contributed by atoms with E-state index in [1.165, 1.54) is 23.9 Å². The molecule has 108 valence electrons. The number of aliphatic carboxylic acids is 1. The Morgan fingerprint density at radius 3 is 2.29 bits per heavy atom. The lowest BCUT2D eigenvalue weighted by Crippen LogP contribution is -2.04. The fourth-order valence-electron chi connectivity index (χ4n) is 1.74. The molecule has 2 aromatic carbocycles. The minimum atomic E-state index is -1.07. The second-order valence-electron chi connectivity index (χ2n) is 4.25. The number of rotatable bonds is 5. The molecule has 0 aliphatic rings. The predicted molar refractivity (Wildman–Crippen MR) is 83.0 cm³/mol. The van der Waals surface area contributed by atoms with Gasteiger partial charge in [-0.3, -0.25) is 4.79 Å². The fraction of sp³-hybridized carbons (Fsp3) is 0.0667. The first-order valence-corrected chi connectivity index (χ1v) is 7.58. The maximum atomic E-state index is 11.0. The van der Waals surface area contributed by atoms with E-state index in [9.17, 15) is 9.59 Å². The van der Waals surface area contributed by atoms with E-state index in [1.807, 2.05) is 24.3 Å². The van der Waals surface area contributed by atoms with Crippen LogP contribution in [0.15, 0.2) is 56.7 Å². The van der Waals surface area contributed by atoms with E-state index in [1.54, 1.807) is 6.07 Å². The van der Waals surface area contributed by atoms with Crippen molar-refractivity contribution in [1.29, 1.82) is 0 Å². The van der Waals surface area contributed by atoms with Crippen LogP contribution in [0.5, 0.6) is 0 Å². The zero-order chi connectivity index (χ0) is 15.4. The average molecular weight is 367 g/mol. The average Bonchev–Trinajstić information content (AvgIpc) is 2.42. The van der Waals surface area contributed by atoms with Crippen LogP contribution in [0.3, 0.4) is 0 Å². The van der Waals surface area contributed by atoms with Gasteiger partial charge in [-0.25, -0.2) is 4.79 Å². The van der Waals surface area contributed by atoms with Crippen molar-refractivity contribution in [1.82, 2.24) is 0 Å². The highest BCUT2D eigenvalue weighted by molar-refractivity contribution is 9.10. The van der Waals surface area contributed by atoms with Gasteiger partial charge in [-0.15, -0.1) is 0 Å². The van der Waals surface area contributed by atoms with Crippen molar-refractivity contribution in [3.05, 3.63) is 58.1 Å². The molecule has 0 saturated carbocycles. The van der Waals surface area contributed by atoms with Crippen LogP contribution in [-0.2, 0) is 11.2 Å². The van der Waals surface area contributed by atoms with Gasteiger partial charge in [0.05, 0.1) is 12.0 Å². The number of carboxylic acid groups (broad SMARTS) is 2. The quantitative estimate of drug-likeness (QED) is 0.838. The molecule has 0 atom stereocenters. The highest BCUT2D eigenvalue weighted by Gasteiger charge is 2.12. The Labute approximate surface area is 133 Å². The molecule has 0 amide bonds. The van der Waals surface area contributed by atoms with Crippen LogP contribution in [0.25, 0.3) is 0 Å². The fourth-order valence-corrected chi connectivity index (χ4v) is 2.93.